The highest BCUT2D eigenvalue weighted by Crippen LogP contribution is 2.34. The van der Waals surface area contributed by atoms with Gasteiger partial charge < -0.3 is 20.1 Å². The topological polar surface area (TPSA) is 87.6 Å². The number of alkyl halides is 3. The van der Waals surface area contributed by atoms with Gasteiger partial charge in [-0.15, -0.1) is 13.2 Å². The Balaban J connectivity index is 1.63. The largest absolute Gasteiger partial charge is 0.573 e. The molecule has 35 heavy (non-hydrogen) atoms. The number of hydrogen-bond donors (Lipinski definition) is 2. The van der Waals surface area contributed by atoms with Gasteiger partial charge in [0.1, 0.15) is 11.6 Å². The van der Waals surface area contributed by atoms with Gasteiger partial charge in [-0.3, -0.25) is 4.79 Å². The van der Waals surface area contributed by atoms with E-state index in [0.717, 1.165) is 24.0 Å². The van der Waals surface area contributed by atoms with Gasteiger partial charge in [-0.05, 0) is 48.4 Å². The van der Waals surface area contributed by atoms with Crippen LogP contribution < -0.4 is 15.0 Å². The highest BCUT2D eigenvalue weighted by Gasteiger charge is 2.31. The fraction of sp³-hybridized carbons (Fsp3) is 0.174. The number of anilines is 2. The standard InChI is InChI=1S/C23H17ClF4N4O3/c24-20-19(25)8-14(9-29-20)18-7-15(10-30-21(18)32-6-5-13(11-32)12-33)22(34)31-16-1-3-17(4-2-16)35-23(26,27)28/h1-4,7-10,12,33H,5-6,11H2,(H,31,34)/b13-12+. The summed E-state index contributed by atoms with van der Waals surface area (Å²) in [6.45, 7) is 0.950. The molecule has 0 bridgehead atoms. The predicted molar refractivity (Wildman–Crippen MR) is 121 cm³/mol. The molecule has 0 spiro atoms. The fourth-order valence-corrected chi connectivity index (χ4v) is 3.63. The van der Waals surface area contributed by atoms with Crippen molar-refractivity contribution in [3.05, 3.63) is 77.2 Å². The summed E-state index contributed by atoms with van der Waals surface area (Å²) in [7, 11) is 0. The predicted octanol–water partition coefficient (Wildman–Crippen LogP) is 5.74. The molecule has 0 saturated carbocycles. The van der Waals surface area contributed by atoms with Crippen molar-refractivity contribution < 1.29 is 32.2 Å². The van der Waals surface area contributed by atoms with Gasteiger partial charge in [0.2, 0.25) is 0 Å². The van der Waals surface area contributed by atoms with Gasteiger partial charge in [0.25, 0.3) is 5.91 Å². The number of aliphatic hydroxyl groups excluding tert-OH is 1. The number of halogens is 5. The molecule has 0 atom stereocenters. The highest BCUT2D eigenvalue weighted by atomic mass is 35.5. The van der Waals surface area contributed by atoms with E-state index in [4.69, 9.17) is 11.6 Å². The molecular formula is C23H17ClF4N4O3. The normalized spacial score (nSPS) is 14.9. The molecule has 3 aromatic rings. The third kappa shape index (κ3) is 5.80. The van der Waals surface area contributed by atoms with Gasteiger partial charge in [-0.2, -0.15) is 0 Å². The maximum Gasteiger partial charge on any atom is 0.573 e. The van der Waals surface area contributed by atoms with Crippen LogP contribution in [0.5, 0.6) is 5.75 Å². The Bertz CT molecular complexity index is 1280. The number of aromatic nitrogens is 2. The van der Waals surface area contributed by atoms with Crippen LogP contribution in [0.25, 0.3) is 11.1 Å². The molecule has 12 heteroatoms. The van der Waals surface area contributed by atoms with Crippen molar-refractivity contribution in [3.8, 4) is 16.9 Å². The van der Waals surface area contributed by atoms with Gasteiger partial charge in [0, 0.05) is 42.3 Å². The maximum atomic E-state index is 14.1. The number of benzene rings is 1. The van der Waals surface area contributed by atoms with Crippen LogP contribution in [-0.2, 0) is 0 Å². The number of ether oxygens (including phenoxy) is 1. The van der Waals surface area contributed by atoms with Crippen LogP contribution >= 0.6 is 11.6 Å². The van der Waals surface area contributed by atoms with E-state index < -0.39 is 23.8 Å². The Hall–Kier alpha value is -3.86. The van der Waals surface area contributed by atoms with Crippen LogP contribution in [0.1, 0.15) is 16.8 Å². The monoisotopic (exact) mass is 508 g/mol. The van der Waals surface area contributed by atoms with E-state index in [0.29, 0.717) is 36.5 Å². The third-order valence-electron chi connectivity index (χ3n) is 5.16. The number of nitrogens with zero attached hydrogens (tertiary/aromatic N) is 3. The van der Waals surface area contributed by atoms with Gasteiger partial charge in [-0.1, -0.05) is 11.6 Å². The van der Waals surface area contributed by atoms with E-state index in [1.807, 2.05) is 4.90 Å². The van der Waals surface area contributed by atoms with Crippen molar-refractivity contribution >= 4 is 29.0 Å². The molecule has 0 aliphatic carbocycles. The Labute approximate surface area is 201 Å². The summed E-state index contributed by atoms with van der Waals surface area (Å²) in [5.41, 5.74) is 1.88. The molecular weight excluding hydrogens is 492 g/mol. The Kier molecular flexibility index (Phi) is 6.79. The van der Waals surface area contributed by atoms with Crippen molar-refractivity contribution in [2.75, 3.05) is 23.3 Å². The second kappa shape index (κ2) is 9.79. The second-order valence-corrected chi connectivity index (χ2v) is 7.94. The Morgan fingerprint density at radius 2 is 1.91 bits per heavy atom. The summed E-state index contributed by atoms with van der Waals surface area (Å²) in [5.74, 6) is -1.31. The van der Waals surface area contributed by atoms with Crippen LogP contribution in [0.15, 0.2) is 60.6 Å². The molecule has 0 unspecified atom stereocenters. The molecule has 0 radical (unpaired) electrons. The van der Waals surface area contributed by atoms with Crippen LogP contribution in [0.3, 0.4) is 0 Å². The number of rotatable bonds is 5. The number of pyridine rings is 2. The molecule has 1 fully saturated rings. The lowest BCUT2D eigenvalue weighted by molar-refractivity contribution is -0.274. The summed E-state index contributed by atoms with van der Waals surface area (Å²) in [6.07, 6.45) is -0.494. The summed E-state index contributed by atoms with van der Waals surface area (Å²) in [6, 6.07) is 7.33. The number of carbonyl (C=O) groups is 1. The number of carbonyl (C=O) groups excluding carboxylic acids is 1. The van der Waals surface area contributed by atoms with Crippen LogP contribution in [-0.4, -0.2) is 40.4 Å². The van der Waals surface area contributed by atoms with E-state index >= 15 is 0 Å². The molecule has 3 heterocycles. The van der Waals surface area contributed by atoms with Crippen molar-refractivity contribution in [1.29, 1.82) is 0 Å². The number of nitrogens with one attached hydrogen (secondary N) is 1. The smallest absolute Gasteiger partial charge is 0.516 e. The second-order valence-electron chi connectivity index (χ2n) is 7.58. The van der Waals surface area contributed by atoms with Crippen LogP contribution in [0.2, 0.25) is 5.15 Å². The molecule has 2 N–H and O–H groups in total. The van der Waals surface area contributed by atoms with Crippen molar-refractivity contribution in [2.45, 2.75) is 12.8 Å². The summed E-state index contributed by atoms with van der Waals surface area (Å²) >= 11 is 5.71. The third-order valence-corrected chi connectivity index (χ3v) is 5.44. The zero-order valence-corrected chi connectivity index (χ0v) is 18.6. The molecule has 182 valence electrons. The first-order valence-corrected chi connectivity index (χ1v) is 10.6. The number of hydrogen-bond acceptors (Lipinski definition) is 6. The minimum absolute atomic E-state index is 0.117. The average molecular weight is 509 g/mol. The summed E-state index contributed by atoms with van der Waals surface area (Å²) < 4.78 is 55.0. The van der Waals surface area contributed by atoms with Gasteiger partial charge in [0.05, 0.1) is 11.8 Å². The average Bonchev–Trinajstić information content (AvgIpc) is 3.30. The van der Waals surface area contributed by atoms with Gasteiger partial charge in [-0.25, -0.2) is 14.4 Å². The molecule has 2 aromatic heterocycles. The zero-order chi connectivity index (χ0) is 25.2. The van der Waals surface area contributed by atoms with Crippen molar-refractivity contribution in [1.82, 2.24) is 9.97 Å². The quantitative estimate of drug-likeness (QED) is 0.260. The molecule has 1 saturated heterocycles. The molecule has 4 rings (SSSR count). The van der Waals surface area contributed by atoms with E-state index in [9.17, 15) is 27.5 Å². The van der Waals surface area contributed by atoms with E-state index in [1.165, 1.54) is 36.7 Å². The summed E-state index contributed by atoms with van der Waals surface area (Å²) in [4.78, 5) is 22.9. The van der Waals surface area contributed by atoms with E-state index in [-0.39, 0.29) is 16.4 Å². The molecule has 1 aromatic carbocycles. The lowest BCUT2D eigenvalue weighted by atomic mass is 10.1. The van der Waals surface area contributed by atoms with Gasteiger partial charge >= 0.3 is 6.36 Å². The van der Waals surface area contributed by atoms with E-state index in [1.54, 1.807) is 0 Å². The molecule has 1 amide bonds. The van der Waals surface area contributed by atoms with Crippen molar-refractivity contribution in [3.63, 3.8) is 0 Å². The minimum Gasteiger partial charge on any atom is -0.516 e. The van der Waals surface area contributed by atoms with Gasteiger partial charge in [0.15, 0.2) is 11.0 Å². The SMILES string of the molecule is O=C(Nc1ccc(OC(F)(F)F)cc1)c1cnc(N2CC/C(=C\O)C2)c(-c2cnc(Cl)c(F)c2)c1. The summed E-state index contributed by atoms with van der Waals surface area (Å²) in [5, 5.41) is 11.6. The fourth-order valence-electron chi connectivity index (χ4n) is 3.53. The Morgan fingerprint density at radius 1 is 1.17 bits per heavy atom. The first kappa shape index (κ1) is 24.3. The number of aliphatic hydroxyl groups is 1. The van der Waals surface area contributed by atoms with E-state index in [2.05, 4.69) is 20.0 Å². The number of amides is 1. The maximum absolute atomic E-state index is 14.1. The first-order chi connectivity index (χ1) is 16.6. The lowest BCUT2D eigenvalue weighted by Gasteiger charge is -2.20. The molecule has 1 aliphatic rings. The lowest BCUT2D eigenvalue weighted by Crippen LogP contribution is -2.21. The Morgan fingerprint density at radius 3 is 2.54 bits per heavy atom. The zero-order valence-electron chi connectivity index (χ0n) is 17.8. The van der Waals surface area contributed by atoms with Crippen LogP contribution in [0.4, 0.5) is 29.1 Å². The van der Waals surface area contributed by atoms with Crippen LogP contribution in [0, 0.1) is 5.82 Å². The minimum atomic E-state index is -4.83. The van der Waals surface area contributed by atoms with Crippen molar-refractivity contribution in [2.24, 2.45) is 0 Å². The molecule has 1 aliphatic heterocycles. The molecule has 7 nitrogen and oxygen atoms in total. The highest BCUT2D eigenvalue weighted by molar-refractivity contribution is 6.29. The first-order valence-electron chi connectivity index (χ1n) is 10.2.